The van der Waals surface area contributed by atoms with Gasteiger partial charge in [0, 0.05) is 18.4 Å². The standard InChI is InChI=1S/C27H41FN2O6/c1-6-19-25(33)17(3)9-7-8-16(2)10-11-21(20(28)12-18-15-35-23(14-29)30-18)36-24(32)13-22(31)27(4,5)26(19)34/h10,12,15,17,19,21-22,25,31,33H,6-9,11,13-14,29H2,1-5H3/b16-10-,20-12?/t17-,19+,21-,22-,25-/m0/s1. The third-order valence-electron chi connectivity index (χ3n) is 7.12. The number of aliphatic hydroxyl groups is 2. The van der Waals surface area contributed by atoms with Crippen molar-refractivity contribution in [2.75, 3.05) is 0 Å². The predicted octanol–water partition coefficient (Wildman–Crippen LogP) is 4.25. The number of oxazole rings is 1. The number of rotatable bonds is 4. The maximum atomic E-state index is 15.2. The summed E-state index contributed by atoms with van der Waals surface area (Å²) in [4.78, 5) is 30.1. The summed E-state index contributed by atoms with van der Waals surface area (Å²) in [6.07, 6.45) is 2.99. The van der Waals surface area contributed by atoms with Gasteiger partial charge in [0.15, 0.2) is 6.10 Å². The van der Waals surface area contributed by atoms with Gasteiger partial charge in [0.05, 0.1) is 30.6 Å². The van der Waals surface area contributed by atoms with Gasteiger partial charge in [-0.2, -0.15) is 0 Å². The van der Waals surface area contributed by atoms with Crippen LogP contribution in [-0.4, -0.2) is 45.3 Å². The van der Waals surface area contributed by atoms with E-state index in [4.69, 9.17) is 14.9 Å². The van der Waals surface area contributed by atoms with Crippen LogP contribution in [0.15, 0.2) is 28.2 Å². The first-order valence-electron chi connectivity index (χ1n) is 12.7. The van der Waals surface area contributed by atoms with Gasteiger partial charge in [0.2, 0.25) is 5.89 Å². The molecule has 0 amide bonds. The normalized spacial score (nSPS) is 31.0. The number of ether oxygens (including phenoxy) is 1. The fourth-order valence-corrected chi connectivity index (χ4v) is 4.46. The van der Waals surface area contributed by atoms with E-state index >= 15 is 4.39 Å². The summed E-state index contributed by atoms with van der Waals surface area (Å²) in [7, 11) is 0. The zero-order valence-corrected chi connectivity index (χ0v) is 22.0. The van der Waals surface area contributed by atoms with Crippen LogP contribution in [0.4, 0.5) is 4.39 Å². The average molecular weight is 509 g/mol. The first kappa shape index (κ1) is 29.9. The molecule has 5 atom stereocenters. The Morgan fingerprint density at radius 1 is 1.33 bits per heavy atom. The molecule has 8 nitrogen and oxygen atoms in total. The molecule has 0 saturated carbocycles. The Balaban J connectivity index is 2.35. The van der Waals surface area contributed by atoms with E-state index in [1.54, 1.807) is 13.8 Å². The summed E-state index contributed by atoms with van der Waals surface area (Å²) in [6.45, 7) is 8.84. The fraction of sp³-hybridized carbons (Fsp3) is 0.667. The Hall–Kier alpha value is -2.36. The smallest absolute Gasteiger partial charge is 0.309 e. The molecule has 202 valence electrons. The van der Waals surface area contributed by atoms with Gasteiger partial charge < -0.3 is 25.1 Å². The molecule has 0 radical (unpaired) electrons. The lowest BCUT2D eigenvalue weighted by Gasteiger charge is -2.35. The Morgan fingerprint density at radius 2 is 2.03 bits per heavy atom. The van der Waals surface area contributed by atoms with Gasteiger partial charge in [-0.05, 0) is 38.5 Å². The molecule has 0 spiro atoms. The maximum Gasteiger partial charge on any atom is 0.309 e. The highest BCUT2D eigenvalue weighted by Crippen LogP contribution is 2.34. The van der Waals surface area contributed by atoms with Crippen molar-refractivity contribution in [2.45, 2.75) is 98.0 Å². The lowest BCUT2D eigenvalue weighted by Crippen LogP contribution is -2.46. The van der Waals surface area contributed by atoms with E-state index in [1.165, 1.54) is 6.26 Å². The number of aliphatic hydroxyl groups excluding tert-OH is 2. The van der Waals surface area contributed by atoms with E-state index in [-0.39, 0.29) is 36.3 Å². The van der Waals surface area contributed by atoms with E-state index in [1.807, 2.05) is 26.8 Å². The van der Waals surface area contributed by atoms with Crippen LogP contribution in [0.25, 0.3) is 6.08 Å². The van der Waals surface area contributed by atoms with Crippen molar-refractivity contribution in [3.63, 3.8) is 0 Å². The zero-order chi connectivity index (χ0) is 27.0. The van der Waals surface area contributed by atoms with Gasteiger partial charge >= 0.3 is 5.97 Å². The second-order valence-electron chi connectivity index (χ2n) is 10.3. The molecule has 4 N–H and O–H groups in total. The van der Waals surface area contributed by atoms with Gasteiger partial charge in [-0.15, -0.1) is 0 Å². The molecular weight excluding hydrogens is 467 g/mol. The van der Waals surface area contributed by atoms with Crippen molar-refractivity contribution in [1.29, 1.82) is 0 Å². The van der Waals surface area contributed by atoms with Gasteiger partial charge in [0.1, 0.15) is 23.6 Å². The summed E-state index contributed by atoms with van der Waals surface area (Å²) < 4.78 is 25.7. The number of esters is 1. The summed E-state index contributed by atoms with van der Waals surface area (Å²) >= 11 is 0. The van der Waals surface area contributed by atoms with Crippen LogP contribution in [0, 0.1) is 17.3 Å². The molecule has 0 aliphatic carbocycles. The summed E-state index contributed by atoms with van der Waals surface area (Å²) in [5, 5.41) is 21.7. The van der Waals surface area contributed by atoms with E-state index in [0.717, 1.165) is 24.5 Å². The van der Waals surface area contributed by atoms with Crippen molar-refractivity contribution in [2.24, 2.45) is 23.0 Å². The van der Waals surface area contributed by atoms with E-state index < -0.39 is 47.9 Å². The zero-order valence-electron chi connectivity index (χ0n) is 22.0. The van der Waals surface area contributed by atoms with Crippen molar-refractivity contribution < 1.29 is 33.3 Å². The molecule has 1 aliphatic heterocycles. The number of hydrogen-bond donors (Lipinski definition) is 3. The Morgan fingerprint density at radius 3 is 2.64 bits per heavy atom. The molecule has 1 aromatic heterocycles. The van der Waals surface area contributed by atoms with Crippen LogP contribution in [0.5, 0.6) is 0 Å². The molecule has 36 heavy (non-hydrogen) atoms. The number of ketones is 1. The Bertz CT molecular complexity index is 954. The van der Waals surface area contributed by atoms with E-state index in [9.17, 15) is 19.8 Å². The van der Waals surface area contributed by atoms with Gasteiger partial charge in [-0.25, -0.2) is 9.37 Å². The summed E-state index contributed by atoms with van der Waals surface area (Å²) in [5.74, 6) is -2.40. The second kappa shape index (κ2) is 13.3. The quantitative estimate of drug-likeness (QED) is 0.406. The predicted molar refractivity (Wildman–Crippen MR) is 134 cm³/mol. The van der Waals surface area contributed by atoms with E-state index in [2.05, 4.69) is 4.98 Å². The lowest BCUT2D eigenvalue weighted by atomic mass is 9.71. The Labute approximate surface area is 212 Å². The number of Topliss-reactive ketones (excluding diaryl/α,β-unsaturated/α-hetero) is 1. The first-order chi connectivity index (χ1) is 16.9. The first-order valence-corrected chi connectivity index (χ1v) is 12.7. The molecular formula is C27H41FN2O6. The number of allylic oxidation sites excluding steroid dienone is 1. The molecule has 2 rings (SSSR count). The highest BCUT2D eigenvalue weighted by atomic mass is 19.1. The van der Waals surface area contributed by atoms with Gasteiger partial charge in [0.25, 0.3) is 0 Å². The molecule has 0 saturated heterocycles. The third-order valence-corrected chi connectivity index (χ3v) is 7.12. The number of nitrogens with two attached hydrogens (primary N) is 1. The average Bonchev–Trinajstić information content (AvgIpc) is 3.28. The number of nitrogens with zero attached hydrogens (tertiary/aromatic N) is 1. The van der Waals surface area contributed by atoms with Crippen LogP contribution >= 0.6 is 0 Å². The SMILES string of the molecule is CC[C@H]1C(=O)C(C)(C)[C@@H](O)CC(=O)O[C@H](C(F)=Cc2coc(CN)n2)C/C=C(/C)CCC[C@H](C)[C@@H]1O. The topological polar surface area (TPSA) is 136 Å². The minimum atomic E-state index is -1.37. The monoisotopic (exact) mass is 508 g/mol. The van der Waals surface area contributed by atoms with Crippen molar-refractivity contribution in [3.8, 4) is 0 Å². The van der Waals surface area contributed by atoms with E-state index in [0.29, 0.717) is 12.8 Å². The highest BCUT2D eigenvalue weighted by Gasteiger charge is 2.43. The van der Waals surface area contributed by atoms with Crippen molar-refractivity contribution in [1.82, 2.24) is 4.98 Å². The van der Waals surface area contributed by atoms with Crippen molar-refractivity contribution >= 4 is 17.8 Å². The van der Waals surface area contributed by atoms with Crippen LogP contribution < -0.4 is 5.73 Å². The molecule has 9 heteroatoms. The highest BCUT2D eigenvalue weighted by molar-refractivity contribution is 5.88. The number of carbonyl (C=O) groups is 2. The second-order valence-corrected chi connectivity index (χ2v) is 10.3. The molecule has 1 aliphatic rings. The van der Waals surface area contributed by atoms with Crippen molar-refractivity contribution in [3.05, 3.63) is 35.3 Å². The van der Waals surface area contributed by atoms with Crippen LogP contribution in [0.3, 0.4) is 0 Å². The number of carbonyl (C=O) groups excluding carboxylic acids is 2. The molecule has 0 unspecified atom stereocenters. The van der Waals surface area contributed by atoms with Gasteiger partial charge in [-0.3, -0.25) is 9.59 Å². The number of hydrogen-bond acceptors (Lipinski definition) is 8. The lowest BCUT2D eigenvalue weighted by molar-refractivity contribution is -0.155. The molecule has 2 heterocycles. The van der Waals surface area contributed by atoms with Gasteiger partial charge in [-0.1, -0.05) is 39.3 Å². The maximum absolute atomic E-state index is 15.2. The summed E-state index contributed by atoms with van der Waals surface area (Å²) in [5.41, 5.74) is 5.38. The van der Waals surface area contributed by atoms with Crippen LogP contribution in [-0.2, 0) is 20.9 Å². The largest absolute Gasteiger partial charge is 0.455 e. The van der Waals surface area contributed by atoms with Crippen LogP contribution in [0.2, 0.25) is 0 Å². The fourth-order valence-electron chi connectivity index (χ4n) is 4.46. The molecule has 0 aromatic carbocycles. The molecule has 1 aromatic rings. The minimum Gasteiger partial charge on any atom is -0.455 e. The number of aromatic nitrogens is 1. The number of cyclic esters (lactones) is 1. The minimum absolute atomic E-state index is 0.0662. The molecule has 0 bridgehead atoms. The number of halogens is 1. The Kier molecular flexibility index (Phi) is 11.0. The van der Waals surface area contributed by atoms with Crippen LogP contribution in [0.1, 0.15) is 84.7 Å². The third kappa shape index (κ3) is 7.82. The molecule has 0 fully saturated rings. The summed E-state index contributed by atoms with van der Waals surface area (Å²) in [6, 6.07) is 0.